The van der Waals surface area contributed by atoms with Crippen LogP contribution in [-0.4, -0.2) is 36.1 Å². The molecule has 3 atom stereocenters. The number of Topliss-reactive ketones (excluding diaryl/α,β-unsaturated/α-hetero) is 1. The Labute approximate surface area is 189 Å². The molecule has 0 fully saturated rings. The summed E-state index contributed by atoms with van der Waals surface area (Å²) in [7, 11) is 0. The van der Waals surface area contributed by atoms with Gasteiger partial charge in [-0.1, -0.05) is 74.5 Å². The largest absolute Gasteiger partial charge is 0.345 e. The van der Waals surface area contributed by atoms with Crippen molar-refractivity contribution in [1.29, 1.82) is 0 Å². The molecule has 0 unspecified atom stereocenters. The first-order valence-corrected chi connectivity index (χ1v) is 10.4. The summed E-state index contributed by atoms with van der Waals surface area (Å²) in [5, 5.41) is 2.58. The third-order valence-corrected chi connectivity index (χ3v) is 4.54. The van der Waals surface area contributed by atoms with E-state index in [0.717, 1.165) is 17.5 Å². The summed E-state index contributed by atoms with van der Waals surface area (Å²) < 4.78 is 21.6. The average molecular weight is 429 g/mol. The van der Waals surface area contributed by atoms with E-state index in [-0.39, 0.29) is 18.2 Å². The predicted octanol–water partition coefficient (Wildman–Crippen LogP) is 2.43. The van der Waals surface area contributed by atoms with Crippen molar-refractivity contribution in [3.8, 4) is 0 Å². The fraction of sp³-hybridized carbons (Fsp3) is 0.400. The fourth-order valence-corrected chi connectivity index (χ4v) is 2.82. The Bertz CT molecular complexity index is 883. The molecule has 168 valence electrons. The Hall–Kier alpha value is -2.83. The van der Waals surface area contributed by atoms with Gasteiger partial charge in [0.2, 0.25) is 5.91 Å². The van der Waals surface area contributed by atoms with Crippen LogP contribution in [0.25, 0.3) is 0 Å². The van der Waals surface area contributed by atoms with Crippen LogP contribution in [-0.2, 0) is 27.2 Å². The van der Waals surface area contributed by atoms with Gasteiger partial charge in [-0.3, -0.25) is 9.59 Å². The third-order valence-electron chi connectivity index (χ3n) is 4.54. The summed E-state index contributed by atoms with van der Waals surface area (Å²) in [5.74, 6) is 0.0471. The highest BCUT2D eigenvalue weighted by Crippen LogP contribution is 2.05. The Morgan fingerprint density at radius 1 is 0.968 bits per heavy atom. The zero-order chi connectivity index (χ0) is 25.5. The van der Waals surface area contributed by atoms with Crippen molar-refractivity contribution in [1.82, 2.24) is 5.32 Å². The second-order valence-corrected chi connectivity index (χ2v) is 7.90. The van der Waals surface area contributed by atoms with Gasteiger partial charge in [0.1, 0.15) is 16.2 Å². The average Bonchev–Trinajstić information content (AvgIpc) is 2.81. The SMILES string of the molecule is [2H]N[C@@H](CC(C)C)C(C)=O.[2H]N[C@@H](Cc1ccccc1)C(=O)N[C@@H](Cc1ccccc1)C([2H])=O. The van der Waals surface area contributed by atoms with Crippen molar-refractivity contribution < 1.29 is 18.6 Å². The molecule has 0 saturated heterocycles. The van der Waals surface area contributed by atoms with Gasteiger partial charge >= 0.3 is 0 Å². The standard InChI is InChI=1S/C18H20N2O2.C7H15NO/c19-17(12-15-9-5-2-6-10-15)18(22)20-16(13-21)11-14-7-3-1-4-8-14;1-5(2)4-7(8)6(3)9/h1-10,13,16-17H,11-12,19H2,(H,20,22);5,7H,4,8H2,1-3H3/t16-,17-;7-/m00/s1/i13D;/hD2. The van der Waals surface area contributed by atoms with Crippen molar-refractivity contribution in [2.75, 3.05) is 0 Å². The van der Waals surface area contributed by atoms with Crippen molar-refractivity contribution >= 4 is 18.0 Å². The molecule has 31 heavy (non-hydrogen) atoms. The smallest absolute Gasteiger partial charge is 0.237 e. The molecule has 0 bridgehead atoms. The zero-order valence-corrected chi connectivity index (χ0v) is 18.4. The summed E-state index contributed by atoms with van der Waals surface area (Å²) >= 11 is 0. The lowest BCUT2D eigenvalue weighted by molar-refractivity contribution is -0.125. The topological polar surface area (TPSA) is 115 Å². The lowest BCUT2D eigenvalue weighted by Gasteiger charge is -2.17. The van der Waals surface area contributed by atoms with Crippen LogP contribution in [0.2, 0.25) is 2.82 Å². The highest BCUT2D eigenvalue weighted by molar-refractivity contribution is 5.84. The number of carbonyl (C=O) groups is 3. The number of benzene rings is 2. The van der Waals surface area contributed by atoms with Crippen LogP contribution in [0.5, 0.6) is 0 Å². The van der Waals surface area contributed by atoms with Crippen LogP contribution in [0.3, 0.4) is 0 Å². The number of ketones is 1. The first kappa shape index (κ1) is 21.4. The minimum Gasteiger partial charge on any atom is -0.345 e. The van der Waals surface area contributed by atoms with Crippen LogP contribution >= 0.6 is 0 Å². The fourth-order valence-electron chi connectivity index (χ4n) is 2.82. The number of nitrogens with one attached hydrogen (secondary N) is 1. The molecule has 1 amide bonds. The van der Waals surface area contributed by atoms with E-state index in [1.165, 1.54) is 6.92 Å². The number of aldehydes is 1. The Kier molecular flexibility index (Phi) is 9.82. The van der Waals surface area contributed by atoms with Crippen molar-refractivity contribution in [2.24, 2.45) is 17.4 Å². The van der Waals surface area contributed by atoms with Gasteiger partial charge < -0.3 is 21.6 Å². The van der Waals surface area contributed by atoms with Crippen molar-refractivity contribution in [3.63, 3.8) is 0 Å². The molecule has 0 spiro atoms. The minimum absolute atomic E-state index is 0.0451. The molecule has 0 aromatic heterocycles. The number of nitrogens with two attached hydrogens (primary N) is 2. The number of carbonyl (C=O) groups excluding carboxylic acids is 3. The molecule has 2 rings (SSSR count). The lowest BCUT2D eigenvalue weighted by atomic mass is 10.0. The molecular weight excluding hydrogens is 390 g/mol. The highest BCUT2D eigenvalue weighted by atomic mass is 16.2. The summed E-state index contributed by atoms with van der Waals surface area (Å²) in [6.07, 6.45) is 0.486. The van der Waals surface area contributed by atoms with Gasteiger partial charge in [-0.05, 0) is 43.2 Å². The summed E-state index contributed by atoms with van der Waals surface area (Å²) in [5.41, 5.74) is 6.23. The molecule has 0 aliphatic carbocycles. The molecule has 2 aromatic rings. The number of rotatable bonds is 12. The Morgan fingerprint density at radius 2 is 1.48 bits per heavy atom. The second-order valence-electron chi connectivity index (χ2n) is 7.90. The van der Waals surface area contributed by atoms with E-state index in [9.17, 15) is 14.4 Å². The van der Waals surface area contributed by atoms with Gasteiger partial charge in [0.15, 0.2) is 0 Å². The second kappa shape index (κ2) is 14.2. The monoisotopic (exact) mass is 428 g/mol. The van der Waals surface area contributed by atoms with E-state index in [2.05, 4.69) is 16.8 Å². The highest BCUT2D eigenvalue weighted by Gasteiger charge is 2.18. The maximum absolute atomic E-state index is 12.4. The lowest BCUT2D eigenvalue weighted by Crippen LogP contribution is -2.47. The molecule has 6 nitrogen and oxygen atoms in total. The van der Waals surface area contributed by atoms with E-state index in [1.54, 1.807) is 0 Å². The zero-order valence-electron chi connectivity index (χ0n) is 21.4. The molecule has 2 aromatic carbocycles. The molecule has 0 radical (unpaired) electrons. The first-order valence-electron chi connectivity index (χ1n) is 11.9. The van der Waals surface area contributed by atoms with E-state index >= 15 is 0 Å². The van der Waals surface area contributed by atoms with Crippen LogP contribution < -0.4 is 16.8 Å². The summed E-state index contributed by atoms with van der Waals surface area (Å²) in [4.78, 5) is 34.6. The number of amides is 1. The first-order chi connectivity index (χ1) is 16.2. The summed E-state index contributed by atoms with van der Waals surface area (Å²) in [6, 6.07) is 16.6. The molecule has 0 heterocycles. The van der Waals surface area contributed by atoms with E-state index in [1.807, 2.05) is 74.5 Å². The van der Waals surface area contributed by atoms with Gasteiger partial charge in [0.05, 0.1) is 18.1 Å². The van der Waals surface area contributed by atoms with Crippen molar-refractivity contribution in [3.05, 3.63) is 71.8 Å². The van der Waals surface area contributed by atoms with Gasteiger partial charge in [-0.25, -0.2) is 0 Å². The molecule has 0 saturated carbocycles. The molecule has 5 N–H and O–H groups in total. The summed E-state index contributed by atoms with van der Waals surface area (Å²) in [6.45, 7) is 5.58. The van der Waals surface area contributed by atoms with Crippen LogP contribution in [0.4, 0.5) is 0 Å². The quantitative estimate of drug-likeness (QED) is 0.449. The Morgan fingerprint density at radius 3 is 1.87 bits per heavy atom. The van der Waals surface area contributed by atoms with Crippen LogP contribution in [0.1, 0.15) is 39.7 Å². The minimum atomic E-state index is -0.925. The van der Waals surface area contributed by atoms with E-state index in [0.29, 0.717) is 12.3 Å². The molecular formula is C25H35N3O3. The van der Waals surface area contributed by atoms with Gasteiger partial charge in [0, 0.05) is 0 Å². The molecule has 6 heteroatoms. The third kappa shape index (κ3) is 11.2. The van der Waals surface area contributed by atoms with Crippen LogP contribution in [0, 0.1) is 5.92 Å². The van der Waals surface area contributed by atoms with E-state index < -0.39 is 24.3 Å². The predicted molar refractivity (Wildman–Crippen MR) is 124 cm³/mol. The van der Waals surface area contributed by atoms with Gasteiger partial charge in [-0.2, -0.15) is 0 Å². The van der Waals surface area contributed by atoms with Crippen molar-refractivity contribution in [2.45, 2.75) is 58.2 Å². The Balaban J connectivity index is 0.000000489. The van der Waals surface area contributed by atoms with Gasteiger partial charge in [-0.15, -0.1) is 0 Å². The van der Waals surface area contributed by atoms with Gasteiger partial charge in [0.25, 0.3) is 0 Å². The maximum atomic E-state index is 12.4. The number of hydrogen-bond donors (Lipinski definition) is 3. The normalized spacial score (nSPS) is 14.6. The maximum Gasteiger partial charge on any atom is 0.237 e. The van der Waals surface area contributed by atoms with Crippen LogP contribution in [0.15, 0.2) is 60.7 Å². The molecule has 0 aliphatic heterocycles. The van der Waals surface area contributed by atoms with E-state index in [4.69, 9.17) is 4.19 Å². The molecule has 0 aliphatic rings. The number of hydrogen-bond acceptors (Lipinski definition) is 5.